The molecular formula is C15H21F2N. The van der Waals surface area contributed by atoms with E-state index in [4.69, 9.17) is 5.73 Å². The number of benzene rings is 1. The maximum absolute atomic E-state index is 14.1. The zero-order valence-electron chi connectivity index (χ0n) is 11.1. The molecule has 1 fully saturated rings. The van der Waals surface area contributed by atoms with E-state index in [1.54, 1.807) is 19.1 Å². The summed E-state index contributed by atoms with van der Waals surface area (Å²) in [5.41, 5.74) is 6.33. The normalized spacial score (nSPS) is 29.1. The molecule has 1 aromatic rings. The SMILES string of the molecule is Cc1ccc(C2(N)CCCC(C)CC2)c(F)c1F. The van der Waals surface area contributed by atoms with Crippen molar-refractivity contribution < 1.29 is 8.78 Å². The van der Waals surface area contributed by atoms with Gasteiger partial charge < -0.3 is 5.73 Å². The van der Waals surface area contributed by atoms with Crippen LogP contribution < -0.4 is 5.73 Å². The van der Waals surface area contributed by atoms with E-state index in [0.29, 0.717) is 17.0 Å². The minimum Gasteiger partial charge on any atom is -0.321 e. The van der Waals surface area contributed by atoms with Crippen molar-refractivity contribution in [1.82, 2.24) is 0 Å². The molecule has 0 aromatic heterocycles. The average molecular weight is 253 g/mol. The summed E-state index contributed by atoms with van der Waals surface area (Å²) < 4.78 is 27.7. The van der Waals surface area contributed by atoms with E-state index >= 15 is 0 Å². The van der Waals surface area contributed by atoms with Gasteiger partial charge in [-0.15, -0.1) is 0 Å². The van der Waals surface area contributed by atoms with Gasteiger partial charge in [-0.3, -0.25) is 0 Å². The maximum Gasteiger partial charge on any atom is 0.164 e. The second-order valence-corrected chi connectivity index (χ2v) is 5.75. The van der Waals surface area contributed by atoms with Gasteiger partial charge in [-0.05, 0) is 37.7 Å². The van der Waals surface area contributed by atoms with Crippen LogP contribution in [0.15, 0.2) is 12.1 Å². The van der Waals surface area contributed by atoms with Crippen LogP contribution in [-0.2, 0) is 5.54 Å². The Morgan fingerprint density at radius 1 is 1.17 bits per heavy atom. The first kappa shape index (κ1) is 13.5. The lowest BCUT2D eigenvalue weighted by atomic mass is 9.83. The van der Waals surface area contributed by atoms with Crippen molar-refractivity contribution in [1.29, 1.82) is 0 Å². The van der Waals surface area contributed by atoms with Crippen LogP contribution >= 0.6 is 0 Å². The van der Waals surface area contributed by atoms with E-state index < -0.39 is 17.2 Å². The van der Waals surface area contributed by atoms with Crippen LogP contribution in [0.25, 0.3) is 0 Å². The summed E-state index contributed by atoms with van der Waals surface area (Å²) in [6.07, 6.45) is 4.54. The first-order chi connectivity index (χ1) is 8.44. The third kappa shape index (κ3) is 2.41. The van der Waals surface area contributed by atoms with Crippen LogP contribution in [0.4, 0.5) is 8.78 Å². The third-order valence-electron chi connectivity index (χ3n) is 4.21. The number of nitrogens with two attached hydrogens (primary N) is 1. The number of rotatable bonds is 1. The van der Waals surface area contributed by atoms with Gasteiger partial charge in [0, 0.05) is 11.1 Å². The van der Waals surface area contributed by atoms with Gasteiger partial charge in [0.1, 0.15) is 0 Å². The molecular weight excluding hydrogens is 232 g/mol. The van der Waals surface area contributed by atoms with Gasteiger partial charge in [0.05, 0.1) is 0 Å². The Hall–Kier alpha value is -0.960. The summed E-state index contributed by atoms with van der Waals surface area (Å²) in [7, 11) is 0. The fourth-order valence-electron chi connectivity index (χ4n) is 2.84. The summed E-state index contributed by atoms with van der Waals surface area (Å²) in [5.74, 6) is -0.893. The first-order valence-corrected chi connectivity index (χ1v) is 6.68. The number of hydrogen-bond acceptors (Lipinski definition) is 1. The second kappa shape index (κ2) is 4.96. The summed E-state index contributed by atoms with van der Waals surface area (Å²) in [5, 5.41) is 0. The van der Waals surface area contributed by atoms with Crippen LogP contribution in [0.2, 0.25) is 0 Å². The van der Waals surface area contributed by atoms with E-state index in [9.17, 15) is 8.78 Å². The van der Waals surface area contributed by atoms with Crippen molar-refractivity contribution in [2.45, 2.75) is 51.5 Å². The highest BCUT2D eigenvalue weighted by Gasteiger charge is 2.33. The number of aryl methyl sites for hydroxylation is 1. The van der Waals surface area contributed by atoms with Gasteiger partial charge in [0.2, 0.25) is 0 Å². The average Bonchev–Trinajstić information content (AvgIpc) is 2.49. The predicted octanol–water partition coefficient (Wildman–Crippen LogP) is 4.03. The molecule has 1 aliphatic rings. The lowest BCUT2D eigenvalue weighted by Gasteiger charge is -2.29. The summed E-state index contributed by atoms with van der Waals surface area (Å²) in [6.45, 7) is 3.76. The van der Waals surface area contributed by atoms with E-state index in [1.165, 1.54) is 0 Å². The molecule has 100 valence electrons. The van der Waals surface area contributed by atoms with Gasteiger partial charge >= 0.3 is 0 Å². The monoisotopic (exact) mass is 253 g/mol. The molecule has 3 heteroatoms. The van der Waals surface area contributed by atoms with Crippen molar-refractivity contribution in [2.24, 2.45) is 11.7 Å². The van der Waals surface area contributed by atoms with Crippen molar-refractivity contribution >= 4 is 0 Å². The molecule has 18 heavy (non-hydrogen) atoms. The second-order valence-electron chi connectivity index (χ2n) is 5.75. The molecule has 0 bridgehead atoms. The first-order valence-electron chi connectivity index (χ1n) is 6.68. The Kier molecular flexibility index (Phi) is 3.71. The van der Waals surface area contributed by atoms with Crippen LogP contribution in [0.1, 0.15) is 50.2 Å². The highest BCUT2D eigenvalue weighted by molar-refractivity contribution is 5.31. The molecule has 0 spiro atoms. The Morgan fingerprint density at radius 2 is 1.89 bits per heavy atom. The van der Waals surface area contributed by atoms with Crippen LogP contribution in [0.5, 0.6) is 0 Å². The lowest BCUT2D eigenvalue weighted by Crippen LogP contribution is -2.37. The van der Waals surface area contributed by atoms with Gasteiger partial charge in [-0.2, -0.15) is 0 Å². The largest absolute Gasteiger partial charge is 0.321 e. The van der Waals surface area contributed by atoms with E-state index in [1.807, 2.05) is 0 Å². The Bertz CT molecular complexity index is 444. The van der Waals surface area contributed by atoms with Crippen molar-refractivity contribution in [3.8, 4) is 0 Å². The highest BCUT2D eigenvalue weighted by Crippen LogP contribution is 2.37. The predicted molar refractivity (Wildman–Crippen MR) is 69.2 cm³/mol. The minimum atomic E-state index is -0.757. The van der Waals surface area contributed by atoms with Crippen molar-refractivity contribution in [3.05, 3.63) is 34.9 Å². The molecule has 1 nitrogen and oxygen atoms in total. The lowest BCUT2D eigenvalue weighted by molar-refractivity contribution is 0.353. The Labute approximate surface area is 107 Å². The molecule has 2 unspecified atom stereocenters. The zero-order chi connectivity index (χ0) is 13.3. The molecule has 0 saturated heterocycles. The van der Waals surface area contributed by atoms with Gasteiger partial charge in [-0.25, -0.2) is 8.78 Å². The quantitative estimate of drug-likeness (QED) is 0.751. The molecule has 2 rings (SSSR count). The van der Waals surface area contributed by atoms with Crippen LogP contribution in [0.3, 0.4) is 0 Å². The van der Waals surface area contributed by atoms with Crippen molar-refractivity contribution in [3.63, 3.8) is 0 Å². The maximum atomic E-state index is 14.1. The van der Waals surface area contributed by atoms with E-state index in [-0.39, 0.29) is 0 Å². The molecule has 1 saturated carbocycles. The van der Waals surface area contributed by atoms with Crippen LogP contribution in [0, 0.1) is 24.5 Å². The molecule has 0 radical (unpaired) electrons. The number of halogens is 2. The van der Waals surface area contributed by atoms with Gasteiger partial charge in [0.25, 0.3) is 0 Å². The van der Waals surface area contributed by atoms with E-state index in [2.05, 4.69) is 6.92 Å². The van der Waals surface area contributed by atoms with E-state index in [0.717, 1.165) is 32.1 Å². The molecule has 1 aromatic carbocycles. The smallest absolute Gasteiger partial charge is 0.164 e. The molecule has 2 N–H and O–H groups in total. The van der Waals surface area contributed by atoms with Crippen LogP contribution in [-0.4, -0.2) is 0 Å². The third-order valence-corrected chi connectivity index (χ3v) is 4.21. The molecule has 0 heterocycles. The highest BCUT2D eigenvalue weighted by atomic mass is 19.2. The molecule has 1 aliphatic carbocycles. The summed E-state index contributed by atoms with van der Waals surface area (Å²) in [4.78, 5) is 0. The molecule has 0 aliphatic heterocycles. The Morgan fingerprint density at radius 3 is 2.61 bits per heavy atom. The molecule has 0 amide bonds. The number of hydrogen-bond donors (Lipinski definition) is 1. The van der Waals surface area contributed by atoms with Gasteiger partial charge in [-0.1, -0.05) is 31.9 Å². The fourth-order valence-corrected chi connectivity index (χ4v) is 2.84. The van der Waals surface area contributed by atoms with Gasteiger partial charge in [0.15, 0.2) is 11.6 Å². The standard InChI is InChI=1S/C15H21F2N/c1-10-4-3-8-15(18,9-7-10)12-6-5-11(2)13(16)14(12)17/h5-6,10H,3-4,7-9,18H2,1-2H3. The fraction of sp³-hybridized carbons (Fsp3) is 0.600. The summed E-state index contributed by atoms with van der Waals surface area (Å²) in [6, 6.07) is 3.28. The summed E-state index contributed by atoms with van der Waals surface area (Å²) >= 11 is 0. The zero-order valence-corrected chi connectivity index (χ0v) is 11.1. The Balaban J connectivity index is 2.37. The minimum absolute atomic E-state index is 0.335. The molecule has 2 atom stereocenters. The topological polar surface area (TPSA) is 26.0 Å². The van der Waals surface area contributed by atoms with Crippen molar-refractivity contribution in [2.75, 3.05) is 0 Å².